The number of nitrogen functional groups attached to an aromatic ring is 3. The van der Waals surface area contributed by atoms with Crippen LogP contribution in [0.2, 0.25) is 10.3 Å². The van der Waals surface area contributed by atoms with Gasteiger partial charge in [0.15, 0.2) is 5.15 Å². The van der Waals surface area contributed by atoms with Crippen molar-refractivity contribution < 1.29 is 4.92 Å². The number of rotatable bonds is 4. The number of aromatic nitrogens is 5. The predicted molar refractivity (Wildman–Crippen MR) is 197 cm³/mol. The third-order valence-corrected chi connectivity index (χ3v) is 8.40. The molecule has 250 valence electrons. The van der Waals surface area contributed by atoms with Gasteiger partial charge in [-0.3, -0.25) is 24.7 Å². The smallest absolute Gasteiger partial charge is 0.269 e. The minimum absolute atomic E-state index is 0.0690. The first-order valence-electron chi connectivity index (χ1n) is 15.1. The first-order valence-corrected chi connectivity index (χ1v) is 15.9. The number of nitrogens with zero attached hydrogens (tertiary/aromatic N) is 8. The van der Waals surface area contributed by atoms with Gasteiger partial charge in [-0.2, -0.15) is 0 Å². The van der Waals surface area contributed by atoms with E-state index in [0.29, 0.717) is 22.9 Å². The molecule has 0 fully saturated rings. The van der Waals surface area contributed by atoms with Crippen LogP contribution in [0.25, 0.3) is 5.82 Å². The van der Waals surface area contributed by atoms with E-state index >= 15 is 0 Å². The van der Waals surface area contributed by atoms with Crippen LogP contribution in [-0.4, -0.2) is 40.8 Å². The molecule has 0 amide bonds. The first kappa shape index (κ1) is 33.7. The topological polar surface area (TPSA) is 202 Å². The van der Waals surface area contributed by atoms with Crippen LogP contribution in [0.5, 0.6) is 0 Å². The quantitative estimate of drug-likeness (QED) is 0.0742. The zero-order valence-corrected chi connectivity index (χ0v) is 28.0. The van der Waals surface area contributed by atoms with Gasteiger partial charge in [0.05, 0.1) is 44.8 Å². The Morgan fingerprint density at radius 2 is 1.28 bits per heavy atom. The minimum Gasteiger partial charge on any atom is -0.399 e. The summed E-state index contributed by atoms with van der Waals surface area (Å²) < 4.78 is 1.95. The van der Waals surface area contributed by atoms with E-state index in [1.165, 1.54) is 18.3 Å². The van der Waals surface area contributed by atoms with Crippen LogP contribution in [0.1, 0.15) is 27.9 Å². The molecule has 0 saturated heterocycles. The van der Waals surface area contributed by atoms with E-state index in [1.54, 1.807) is 43.0 Å². The van der Waals surface area contributed by atoms with Gasteiger partial charge in [0.25, 0.3) is 5.69 Å². The molecule has 2 aliphatic heterocycles. The summed E-state index contributed by atoms with van der Waals surface area (Å²) in [6, 6.07) is 19.5. The molecule has 2 aromatic carbocycles. The minimum atomic E-state index is -0.421. The van der Waals surface area contributed by atoms with Gasteiger partial charge in [0.1, 0.15) is 17.3 Å². The van der Waals surface area contributed by atoms with Gasteiger partial charge >= 0.3 is 0 Å². The van der Waals surface area contributed by atoms with Crippen molar-refractivity contribution in [2.24, 2.45) is 9.98 Å². The Kier molecular flexibility index (Phi) is 9.79. The third-order valence-electron chi connectivity index (χ3n) is 7.77. The normalized spacial score (nSPS) is 12.4. The zero-order chi connectivity index (χ0) is 35.4. The molecule has 0 bridgehead atoms. The molecule has 0 saturated carbocycles. The lowest BCUT2D eigenvalue weighted by Gasteiger charge is -2.06. The maximum atomic E-state index is 10.6. The Morgan fingerprint density at radius 1 is 0.720 bits per heavy atom. The highest BCUT2D eigenvalue weighted by molar-refractivity contribution is 6.32. The van der Waals surface area contributed by atoms with E-state index in [2.05, 4.69) is 24.9 Å². The molecule has 13 nitrogen and oxygen atoms in total. The van der Waals surface area contributed by atoms with Crippen LogP contribution < -0.4 is 17.2 Å². The second-order valence-corrected chi connectivity index (χ2v) is 11.9. The van der Waals surface area contributed by atoms with E-state index in [0.717, 1.165) is 68.7 Å². The summed E-state index contributed by atoms with van der Waals surface area (Å²) >= 11 is 11.5. The summed E-state index contributed by atoms with van der Waals surface area (Å²) in [5, 5.41) is 11.3. The molecule has 0 atom stereocenters. The van der Waals surface area contributed by atoms with Crippen molar-refractivity contribution >= 4 is 68.7 Å². The monoisotopic (exact) mass is 705 g/mol. The summed E-state index contributed by atoms with van der Waals surface area (Å²) in [4.78, 5) is 35.9. The van der Waals surface area contributed by atoms with E-state index < -0.39 is 4.92 Å². The molecule has 0 aliphatic carbocycles. The van der Waals surface area contributed by atoms with Gasteiger partial charge in [-0.1, -0.05) is 35.3 Å². The summed E-state index contributed by atoms with van der Waals surface area (Å²) in [7, 11) is 0. The van der Waals surface area contributed by atoms with Crippen LogP contribution in [0.4, 0.5) is 34.1 Å². The highest BCUT2D eigenvalue weighted by Crippen LogP contribution is 2.34. The Morgan fingerprint density at radius 3 is 1.84 bits per heavy atom. The van der Waals surface area contributed by atoms with Crippen LogP contribution >= 0.6 is 23.2 Å². The van der Waals surface area contributed by atoms with Gasteiger partial charge in [0, 0.05) is 66.6 Å². The molecule has 0 unspecified atom stereocenters. The third kappa shape index (κ3) is 7.43. The van der Waals surface area contributed by atoms with Crippen molar-refractivity contribution in [3.05, 3.63) is 146 Å². The number of non-ortho nitro benzene ring substituents is 1. The maximum absolute atomic E-state index is 10.6. The molecule has 0 radical (unpaired) electrons. The molecule has 0 spiro atoms. The van der Waals surface area contributed by atoms with E-state index in [4.69, 9.17) is 45.4 Å². The van der Waals surface area contributed by atoms with Crippen LogP contribution in [0.3, 0.4) is 0 Å². The van der Waals surface area contributed by atoms with Gasteiger partial charge in [-0.05, 0) is 60.5 Å². The summed E-state index contributed by atoms with van der Waals surface area (Å²) in [6.45, 7) is 1.97. The standard InChI is InChI=1S/C17H15N5.C13H8ClN3O2.C5H6ClN3/c1-11-9-22(10-20-11)17-14-8-16(21-15(14)6-7-19-17)12-2-4-13(18)5-3-12;14-13-10-7-12(16-11(10)5-6-15-13)8-1-3-9(4-2-8)17(18)19;6-5-4(8)3(7)1-2-9-5/h2-7,9-10H,8,18H2,1H3;1-6H,7H2;1-2H,8H2,(H2,7,9). The lowest BCUT2D eigenvalue weighted by Crippen LogP contribution is -2.04. The molecular weight excluding hydrogens is 677 g/mol. The van der Waals surface area contributed by atoms with Crippen LogP contribution in [0, 0.1) is 17.0 Å². The van der Waals surface area contributed by atoms with Gasteiger partial charge in [-0.25, -0.2) is 19.9 Å². The first-order chi connectivity index (χ1) is 24.1. The maximum Gasteiger partial charge on any atom is 0.269 e. The number of pyridine rings is 3. The fraction of sp³-hybridized carbons (Fsp3) is 0.0857. The zero-order valence-electron chi connectivity index (χ0n) is 26.5. The van der Waals surface area contributed by atoms with Crippen molar-refractivity contribution in [3.8, 4) is 5.82 Å². The number of hydrogen-bond acceptors (Lipinski definition) is 11. The van der Waals surface area contributed by atoms with Gasteiger partial charge in [0.2, 0.25) is 0 Å². The van der Waals surface area contributed by atoms with Crippen molar-refractivity contribution in [1.82, 2.24) is 24.5 Å². The molecule has 2 aliphatic rings. The van der Waals surface area contributed by atoms with Crippen molar-refractivity contribution in [2.75, 3.05) is 17.2 Å². The molecule has 6 aromatic rings. The summed E-state index contributed by atoms with van der Waals surface area (Å²) in [5.41, 5.74) is 26.8. The number of aliphatic imine (C=N–C) groups is 2. The summed E-state index contributed by atoms with van der Waals surface area (Å²) in [5.74, 6) is 0.896. The lowest BCUT2D eigenvalue weighted by molar-refractivity contribution is -0.384. The highest BCUT2D eigenvalue weighted by atomic mass is 35.5. The van der Waals surface area contributed by atoms with Crippen molar-refractivity contribution in [3.63, 3.8) is 0 Å². The van der Waals surface area contributed by atoms with Crippen LogP contribution in [0.15, 0.2) is 108 Å². The SMILES string of the molecule is Cc1cn(-c2nccc3c2CC(c2ccc(N)cc2)=N3)cn1.Nc1ccnc(Cl)c1N.O=[N+]([O-])c1ccc(C2=Nc3ccnc(Cl)c3C2)cc1. The fourth-order valence-electron chi connectivity index (χ4n) is 5.18. The number of nitrogens with two attached hydrogens (primary N) is 3. The number of hydrogen-bond donors (Lipinski definition) is 3. The number of benzene rings is 2. The highest BCUT2D eigenvalue weighted by Gasteiger charge is 2.22. The Labute approximate surface area is 296 Å². The van der Waals surface area contributed by atoms with Gasteiger partial charge < -0.3 is 17.2 Å². The van der Waals surface area contributed by atoms with Gasteiger partial charge in [-0.15, -0.1) is 0 Å². The van der Waals surface area contributed by atoms with E-state index in [-0.39, 0.29) is 10.8 Å². The molecule has 4 aromatic heterocycles. The van der Waals surface area contributed by atoms with Crippen LogP contribution in [-0.2, 0) is 12.8 Å². The molecule has 6 N–H and O–H groups in total. The summed E-state index contributed by atoms with van der Waals surface area (Å²) in [6.07, 6.45) is 10.0. The molecule has 15 heteroatoms. The number of imidazole rings is 1. The number of anilines is 3. The second kappa shape index (κ2) is 14.5. The average molecular weight is 707 g/mol. The second-order valence-electron chi connectivity index (χ2n) is 11.2. The number of aryl methyl sites for hydroxylation is 1. The number of nitro benzene ring substituents is 1. The molecule has 8 rings (SSSR count). The Hall–Kier alpha value is -6.18. The molecular formula is C35H29Cl2N11O2. The molecule has 50 heavy (non-hydrogen) atoms. The lowest BCUT2D eigenvalue weighted by atomic mass is 10.0. The number of fused-ring (bicyclic) bond motifs is 2. The van der Waals surface area contributed by atoms with E-state index in [1.807, 2.05) is 48.0 Å². The average Bonchev–Trinajstić information content (AvgIpc) is 3.87. The Bertz CT molecular complexity index is 2250. The Balaban J connectivity index is 0.000000141. The largest absolute Gasteiger partial charge is 0.399 e. The number of nitro groups is 1. The fourth-order valence-corrected chi connectivity index (χ4v) is 5.57. The van der Waals surface area contributed by atoms with Crippen molar-refractivity contribution in [2.45, 2.75) is 19.8 Å². The predicted octanol–water partition coefficient (Wildman–Crippen LogP) is 7.05. The molecule has 6 heterocycles. The number of halogens is 2. The van der Waals surface area contributed by atoms with E-state index in [9.17, 15) is 10.1 Å². The van der Waals surface area contributed by atoms with Crippen molar-refractivity contribution in [1.29, 1.82) is 0 Å².